The minimum atomic E-state index is -3.47. The summed E-state index contributed by atoms with van der Waals surface area (Å²) >= 11 is 0. The van der Waals surface area contributed by atoms with Gasteiger partial charge in [-0.2, -0.15) is 0 Å². The number of hydrogen-bond donors (Lipinski definition) is 4. The van der Waals surface area contributed by atoms with Gasteiger partial charge in [-0.3, -0.25) is 19.8 Å². The van der Waals surface area contributed by atoms with E-state index in [1.54, 1.807) is 18.2 Å². The molecule has 0 spiro atoms. The number of hydrogen-bond acceptors (Lipinski definition) is 7. The topological polar surface area (TPSA) is 142 Å². The largest absolute Gasteiger partial charge is 0.481 e. The quantitative estimate of drug-likeness (QED) is 0.391. The predicted octanol–water partition coefficient (Wildman–Crippen LogP) is 0.519. The van der Waals surface area contributed by atoms with E-state index in [2.05, 4.69) is 16.2 Å². The van der Waals surface area contributed by atoms with Crippen LogP contribution in [0.15, 0.2) is 35.2 Å². The van der Waals surface area contributed by atoms with Crippen LogP contribution in [0.3, 0.4) is 0 Å². The van der Waals surface area contributed by atoms with Crippen molar-refractivity contribution in [3.05, 3.63) is 30.3 Å². The Labute approximate surface area is 176 Å². The molecule has 1 saturated heterocycles. The second-order valence-electron chi connectivity index (χ2n) is 7.37. The molecule has 0 aromatic heterocycles. The van der Waals surface area contributed by atoms with E-state index in [1.807, 2.05) is 0 Å². The number of hydrazine groups is 1. The van der Waals surface area contributed by atoms with Gasteiger partial charge < -0.3 is 10.4 Å². The zero-order valence-corrected chi connectivity index (χ0v) is 17.8. The third-order valence-corrected chi connectivity index (χ3v) is 7.16. The van der Waals surface area contributed by atoms with Crippen molar-refractivity contribution in [1.29, 1.82) is 0 Å². The van der Waals surface area contributed by atoms with Crippen LogP contribution >= 0.6 is 0 Å². The number of rotatable bonds is 11. The van der Waals surface area contributed by atoms with E-state index in [4.69, 9.17) is 0 Å². The summed E-state index contributed by atoms with van der Waals surface area (Å²) in [6.45, 7) is 0.531. The highest BCUT2D eigenvalue weighted by Gasteiger charge is 2.35. The van der Waals surface area contributed by atoms with Crippen LogP contribution in [0.5, 0.6) is 0 Å². The molecule has 1 heterocycles. The monoisotopic (exact) mass is 439 g/mol. The number of aliphatic carboxylic acids is 1. The molecule has 30 heavy (non-hydrogen) atoms. The molecule has 10 heteroatoms. The maximum absolute atomic E-state index is 12.6. The molecule has 4 N–H and O–H groups in total. The predicted molar refractivity (Wildman–Crippen MR) is 110 cm³/mol. The molecule has 0 aliphatic carbocycles. The van der Waals surface area contributed by atoms with Crippen LogP contribution < -0.4 is 16.2 Å². The molecule has 1 amide bonds. The van der Waals surface area contributed by atoms with Crippen LogP contribution in [0.1, 0.15) is 32.1 Å². The Hall–Kier alpha value is -2.30. The van der Waals surface area contributed by atoms with Gasteiger partial charge in [0.05, 0.1) is 16.6 Å². The SMILES string of the molecule is CNC(=O)[C@H]1NNCCC1C(=O)CC[C@@H](CCCS(=O)(=O)c1ccccc1)C(=O)O. The van der Waals surface area contributed by atoms with Crippen LogP contribution in [0.4, 0.5) is 0 Å². The highest BCUT2D eigenvalue weighted by atomic mass is 32.2. The summed E-state index contributed by atoms with van der Waals surface area (Å²) in [4.78, 5) is 36.4. The summed E-state index contributed by atoms with van der Waals surface area (Å²) in [5.41, 5.74) is 5.67. The number of benzene rings is 1. The normalized spacial score (nSPS) is 20.3. The average molecular weight is 440 g/mol. The number of sulfone groups is 1. The lowest BCUT2D eigenvalue weighted by molar-refractivity contribution is -0.142. The molecular weight excluding hydrogens is 410 g/mol. The second kappa shape index (κ2) is 11.2. The fourth-order valence-corrected chi connectivity index (χ4v) is 4.94. The van der Waals surface area contributed by atoms with Gasteiger partial charge in [0.1, 0.15) is 11.8 Å². The van der Waals surface area contributed by atoms with E-state index < -0.39 is 33.7 Å². The van der Waals surface area contributed by atoms with Crippen molar-refractivity contribution in [3.63, 3.8) is 0 Å². The van der Waals surface area contributed by atoms with Crippen molar-refractivity contribution in [1.82, 2.24) is 16.2 Å². The Morgan fingerprint density at radius 1 is 1.20 bits per heavy atom. The van der Waals surface area contributed by atoms with Crippen LogP contribution in [0, 0.1) is 11.8 Å². The molecule has 9 nitrogen and oxygen atoms in total. The van der Waals surface area contributed by atoms with Crippen molar-refractivity contribution < 1.29 is 27.9 Å². The van der Waals surface area contributed by atoms with Gasteiger partial charge >= 0.3 is 5.97 Å². The van der Waals surface area contributed by atoms with Gasteiger partial charge in [-0.05, 0) is 37.8 Å². The summed E-state index contributed by atoms with van der Waals surface area (Å²) in [5, 5.41) is 12.0. The third kappa shape index (κ3) is 6.61. The number of carbonyl (C=O) groups excluding carboxylic acids is 2. The molecule has 1 aromatic rings. The molecule has 1 aromatic carbocycles. The molecule has 0 bridgehead atoms. The van der Waals surface area contributed by atoms with Crippen LogP contribution in [-0.4, -0.2) is 56.6 Å². The Bertz CT molecular complexity index is 843. The van der Waals surface area contributed by atoms with E-state index >= 15 is 0 Å². The molecule has 0 saturated carbocycles. The van der Waals surface area contributed by atoms with Gasteiger partial charge in [-0.1, -0.05) is 18.2 Å². The molecule has 3 atom stereocenters. The number of amides is 1. The second-order valence-corrected chi connectivity index (χ2v) is 9.48. The minimum absolute atomic E-state index is 0.0300. The maximum Gasteiger partial charge on any atom is 0.306 e. The number of carboxylic acids is 1. The summed E-state index contributed by atoms with van der Waals surface area (Å²) in [7, 11) is -1.98. The van der Waals surface area contributed by atoms with E-state index in [1.165, 1.54) is 19.2 Å². The van der Waals surface area contributed by atoms with Crippen LogP contribution in [-0.2, 0) is 24.2 Å². The zero-order chi connectivity index (χ0) is 22.1. The van der Waals surface area contributed by atoms with Crippen LogP contribution in [0.25, 0.3) is 0 Å². The number of carbonyl (C=O) groups is 3. The fourth-order valence-electron chi connectivity index (χ4n) is 3.59. The van der Waals surface area contributed by atoms with E-state index in [9.17, 15) is 27.9 Å². The number of ketones is 1. The number of nitrogens with one attached hydrogen (secondary N) is 3. The van der Waals surface area contributed by atoms with E-state index in [0.29, 0.717) is 13.0 Å². The third-order valence-electron chi connectivity index (χ3n) is 5.34. The summed E-state index contributed by atoms with van der Waals surface area (Å²) < 4.78 is 24.7. The molecule has 1 aliphatic rings. The summed E-state index contributed by atoms with van der Waals surface area (Å²) in [6.07, 6.45) is 0.985. The smallest absolute Gasteiger partial charge is 0.306 e. The van der Waals surface area contributed by atoms with Crippen molar-refractivity contribution >= 4 is 27.5 Å². The van der Waals surface area contributed by atoms with Crippen LogP contribution in [0.2, 0.25) is 0 Å². The van der Waals surface area contributed by atoms with E-state index in [0.717, 1.165) is 0 Å². The highest BCUT2D eigenvalue weighted by Crippen LogP contribution is 2.22. The maximum atomic E-state index is 12.6. The highest BCUT2D eigenvalue weighted by molar-refractivity contribution is 7.91. The summed E-state index contributed by atoms with van der Waals surface area (Å²) in [5.74, 6) is -3.01. The molecule has 0 radical (unpaired) electrons. The Morgan fingerprint density at radius 2 is 1.90 bits per heavy atom. The van der Waals surface area contributed by atoms with Crippen molar-refractivity contribution in [2.75, 3.05) is 19.3 Å². The lowest BCUT2D eigenvalue weighted by atomic mass is 9.86. The lowest BCUT2D eigenvalue weighted by Crippen LogP contribution is -2.59. The minimum Gasteiger partial charge on any atom is -0.481 e. The first-order valence-corrected chi connectivity index (χ1v) is 11.6. The number of Topliss-reactive ketones (excluding diaryl/α,β-unsaturated/α-hetero) is 1. The fraction of sp³-hybridized carbons (Fsp3) is 0.550. The molecule has 2 rings (SSSR count). The first kappa shape index (κ1) is 24.0. The number of likely N-dealkylation sites (N-methyl/N-ethyl adjacent to an activating group) is 1. The summed E-state index contributed by atoms with van der Waals surface area (Å²) in [6, 6.07) is 7.33. The average Bonchev–Trinajstić information content (AvgIpc) is 2.75. The van der Waals surface area contributed by atoms with Gasteiger partial charge in [-0.25, -0.2) is 13.8 Å². The van der Waals surface area contributed by atoms with Gasteiger partial charge in [0.15, 0.2) is 9.84 Å². The van der Waals surface area contributed by atoms with Crippen molar-refractivity contribution in [2.45, 2.75) is 43.0 Å². The van der Waals surface area contributed by atoms with Gasteiger partial charge in [0.25, 0.3) is 0 Å². The number of carboxylic acid groups (broad SMARTS) is 1. The molecule has 1 unspecified atom stereocenters. The molecule has 1 fully saturated rings. The first-order valence-electron chi connectivity index (χ1n) is 9.99. The Kier molecular flexibility index (Phi) is 8.94. The van der Waals surface area contributed by atoms with Gasteiger partial charge in [0.2, 0.25) is 5.91 Å². The Balaban J connectivity index is 1.89. The standard InChI is InChI=1S/C20H29N3O6S/c1-21-19(25)18-16(11-12-22-23-18)17(24)10-9-14(20(26)27)6-5-13-30(28,29)15-7-3-2-4-8-15/h2-4,7-8,14,16,18,22-23H,5-6,9-13H2,1H3,(H,21,25)(H,26,27)/t14-,16?,18+/m1/s1. The van der Waals surface area contributed by atoms with Crippen molar-refractivity contribution in [3.8, 4) is 0 Å². The molecule has 166 valence electrons. The molecule has 1 aliphatic heterocycles. The molecular formula is C20H29N3O6S. The first-order chi connectivity index (χ1) is 14.3. The zero-order valence-electron chi connectivity index (χ0n) is 17.0. The van der Waals surface area contributed by atoms with Gasteiger partial charge in [-0.15, -0.1) is 0 Å². The lowest BCUT2D eigenvalue weighted by Gasteiger charge is -2.31. The van der Waals surface area contributed by atoms with Gasteiger partial charge in [0, 0.05) is 25.9 Å². The van der Waals surface area contributed by atoms with Crippen molar-refractivity contribution in [2.24, 2.45) is 11.8 Å². The Morgan fingerprint density at radius 3 is 2.53 bits per heavy atom. The van der Waals surface area contributed by atoms with E-state index in [-0.39, 0.29) is 48.0 Å².